The lowest BCUT2D eigenvalue weighted by atomic mass is 10.1. The number of nitrogens with zero attached hydrogens (tertiary/aromatic N) is 1. The number of anilines is 1. The largest absolute Gasteiger partial charge is 0.462 e. The van der Waals surface area contributed by atoms with Gasteiger partial charge in [-0.1, -0.05) is 6.07 Å². The van der Waals surface area contributed by atoms with Gasteiger partial charge in [0.15, 0.2) is 0 Å². The molecule has 1 aromatic carbocycles. The minimum atomic E-state index is -0.372. The van der Waals surface area contributed by atoms with E-state index in [0.29, 0.717) is 23.9 Å². The van der Waals surface area contributed by atoms with Gasteiger partial charge < -0.3 is 14.8 Å². The third-order valence-corrected chi connectivity index (χ3v) is 4.90. The summed E-state index contributed by atoms with van der Waals surface area (Å²) >= 11 is 0. The molecule has 0 bridgehead atoms. The van der Waals surface area contributed by atoms with E-state index < -0.39 is 0 Å². The van der Waals surface area contributed by atoms with Crippen molar-refractivity contribution >= 4 is 17.6 Å². The normalized spacial score (nSPS) is 21.9. The van der Waals surface area contributed by atoms with Crippen LogP contribution >= 0.6 is 0 Å². The second-order valence-corrected chi connectivity index (χ2v) is 6.53. The van der Waals surface area contributed by atoms with Crippen molar-refractivity contribution in [3.8, 4) is 0 Å². The van der Waals surface area contributed by atoms with Crippen LogP contribution < -0.4 is 5.32 Å². The Kier molecular flexibility index (Phi) is 6.04. The summed E-state index contributed by atoms with van der Waals surface area (Å²) < 4.78 is 10.4. The molecule has 0 aromatic heterocycles. The maximum atomic E-state index is 12.8. The summed E-state index contributed by atoms with van der Waals surface area (Å²) in [6.45, 7) is 4.62. The summed E-state index contributed by atoms with van der Waals surface area (Å²) in [6, 6.07) is 7.25. The Morgan fingerprint density at radius 3 is 2.84 bits per heavy atom. The van der Waals surface area contributed by atoms with Crippen LogP contribution in [0.15, 0.2) is 24.3 Å². The zero-order valence-electron chi connectivity index (χ0n) is 14.7. The van der Waals surface area contributed by atoms with Gasteiger partial charge in [0.05, 0.1) is 18.2 Å². The molecule has 1 aromatic rings. The third-order valence-electron chi connectivity index (χ3n) is 4.90. The molecule has 2 aliphatic heterocycles. The van der Waals surface area contributed by atoms with E-state index in [-0.39, 0.29) is 17.9 Å². The number of likely N-dealkylation sites (tertiary alicyclic amines) is 1. The lowest BCUT2D eigenvalue weighted by Gasteiger charge is -2.34. The van der Waals surface area contributed by atoms with Crippen LogP contribution in [-0.4, -0.2) is 55.2 Å². The van der Waals surface area contributed by atoms with Gasteiger partial charge in [-0.15, -0.1) is 0 Å². The van der Waals surface area contributed by atoms with E-state index in [1.807, 2.05) is 0 Å². The van der Waals surface area contributed by atoms with Gasteiger partial charge in [-0.25, -0.2) is 4.79 Å². The summed E-state index contributed by atoms with van der Waals surface area (Å²) in [5, 5.41) is 2.97. The van der Waals surface area contributed by atoms with Gasteiger partial charge in [-0.2, -0.15) is 0 Å². The summed E-state index contributed by atoms with van der Waals surface area (Å²) in [5.41, 5.74) is 1.08. The molecule has 25 heavy (non-hydrogen) atoms. The van der Waals surface area contributed by atoms with Crippen molar-refractivity contribution in [1.82, 2.24) is 4.90 Å². The molecule has 2 saturated heterocycles. The van der Waals surface area contributed by atoms with Gasteiger partial charge >= 0.3 is 5.97 Å². The number of rotatable bonds is 5. The molecule has 1 atom stereocenters. The molecule has 6 nitrogen and oxygen atoms in total. The van der Waals surface area contributed by atoms with Crippen LogP contribution in [-0.2, 0) is 14.3 Å². The number of benzene rings is 1. The fourth-order valence-corrected chi connectivity index (χ4v) is 3.69. The number of carbonyl (C=O) groups excluding carboxylic acids is 2. The van der Waals surface area contributed by atoms with Crippen LogP contribution in [0.2, 0.25) is 0 Å². The Morgan fingerprint density at radius 2 is 2.08 bits per heavy atom. The van der Waals surface area contributed by atoms with Crippen molar-refractivity contribution in [1.29, 1.82) is 0 Å². The second kappa shape index (κ2) is 8.45. The number of hydrogen-bond acceptors (Lipinski definition) is 5. The van der Waals surface area contributed by atoms with Gasteiger partial charge in [-0.05, 0) is 57.4 Å². The van der Waals surface area contributed by atoms with Crippen molar-refractivity contribution < 1.29 is 19.1 Å². The smallest absolute Gasteiger partial charge is 0.338 e. The van der Waals surface area contributed by atoms with Crippen LogP contribution in [0.3, 0.4) is 0 Å². The Balaban J connectivity index is 1.65. The summed E-state index contributed by atoms with van der Waals surface area (Å²) in [7, 11) is 0. The quantitative estimate of drug-likeness (QED) is 0.830. The van der Waals surface area contributed by atoms with E-state index in [9.17, 15) is 9.59 Å². The zero-order valence-corrected chi connectivity index (χ0v) is 14.7. The first-order chi connectivity index (χ1) is 12.2. The molecule has 0 radical (unpaired) electrons. The first-order valence-electron chi connectivity index (χ1n) is 9.10. The lowest BCUT2D eigenvalue weighted by Crippen LogP contribution is -2.47. The van der Waals surface area contributed by atoms with E-state index >= 15 is 0 Å². The highest BCUT2D eigenvalue weighted by atomic mass is 16.5. The minimum absolute atomic E-state index is 0.00463. The maximum Gasteiger partial charge on any atom is 0.338 e. The molecule has 2 fully saturated rings. The van der Waals surface area contributed by atoms with Crippen LogP contribution in [0.25, 0.3) is 0 Å². The first-order valence-corrected chi connectivity index (χ1v) is 9.10. The third kappa shape index (κ3) is 4.38. The molecule has 2 aliphatic rings. The van der Waals surface area contributed by atoms with Crippen LogP contribution in [0.1, 0.15) is 43.0 Å². The highest BCUT2D eigenvalue weighted by molar-refractivity contribution is 5.97. The van der Waals surface area contributed by atoms with Crippen LogP contribution in [0, 0.1) is 0 Å². The summed E-state index contributed by atoms with van der Waals surface area (Å²) in [5.74, 6) is -0.367. The Bertz CT molecular complexity index is 613. The van der Waals surface area contributed by atoms with Gasteiger partial charge in [0.25, 0.3) is 0 Å². The first kappa shape index (κ1) is 17.9. The minimum Gasteiger partial charge on any atom is -0.462 e. The fraction of sp³-hybridized carbons (Fsp3) is 0.579. The number of ether oxygens (including phenoxy) is 2. The van der Waals surface area contributed by atoms with Crippen molar-refractivity contribution in [2.24, 2.45) is 0 Å². The number of carbonyl (C=O) groups is 2. The molecule has 0 spiro atoms. The number of hydrogen-bond donors (Lipinski definition) is 1. The molecule has 136 valence electrons. The topological polar surface area (TPSA) is 67.9 Å². The van der Waals surface area contributed by atoms with Crippen molar-refractivity contribution in [3.63, 3.8) is 0 Å². The lowest BCUT2D eigenvalue weighted by molar-refractivity contribution is -0.121. The van der Waals surface area contributed by atoms with Gasteiger partial charge in [-0.3, -0.25) is 9.69 Å². The van der Waals surface area contributed by atoms with Crippen molar-refractivity contribution in [2.75, 3.05) is 31.7 Å². The molecule has 6 heteroatoms. The Hall–Kier alpha value is -1.92. The average molecular weight is 346 g/mol. The molecule has 1 N–H and O–H groups in total. The standard InChI is InChI=1S/C19H26N2O4/c1-2-25-19(23)14-5-3-6-15(13-14)20-18(22)17-7-4-10-21(17)16-8-11-24-12-9-16/h3,5-6,13,16-17H,2,4,7-12H2,1H3,(H,20,22)/t17-/m1/s1. The summed E-state index contributed by atoms with van der Waals surface area (Å²) in [6.07, 6.45) is 3.89. The summed E-state index contributed by atoms with van der Waals surface area (Å²) in [4.78, 5) is 26.9. The van der Waals surface area contributed by atoms with Crippen molar-refractivity contribution in [3.05, 3.63) is 29.8 Å². The molecular formula is C19H26N2O4. The Labute approximate surface area is 148 Å². The van der Waals surface area contributed by atoms with E-state index in [0.717, 1.165) is 45.4 Å². The SMILES string of the molecule is CCOC(=O)c1cccc(NC(=O)[C@H]2CCCN2C2CCOCC2)c1. The Morgan fingerprint density at radius 1 is 1.28 bits per heavy atom. The number of amides is 1. The molecule has 0 unspecified atom stereocenters. The molecule has 2 heterocycles. The van der Waals surface area contributed by atoms with Gasteiger partial charge in [0.1, 0.15) is 0 Å². The van der Waals surface area contributed by atoms with E-state index in [4.69, 9.17) is 9.47 Å². The van der Waals surface area contributed by atoms with E-state index in [1.54, 1.807) is 31.2 Å². The van der Waals surface area contributed by atoms with E-state index in [1.165, 1.54) is 0 Å². The van der Waals surface area contributed by atoms with Crippen molar-refractivity contribution in [2.45, 2.75) is 44.7 Å². The fourth-order valence-electron chi connectivity index (χ4n) is 3.69. The molecule has 0 aliphatic carbocycles. The number of nitrogens with one attached hydrogen (secondary N) is 1. The average Bonchev–Trinajstić information content (AvgIpc) is 3.13. The van der Waals surface area contributed by atoms with Gasteiger partial charge in [0.2, 0.25) is 5.91 Å². The number of esters is 1. The van der Waals surface area contributed by atoms with Gasteiger partial charge in [0, 0.05) is 24.9 Å². The van der Waals surface area contributed by atoms with Crippen LogP contribution in [0.5, 0.6) is 0 Å². The van der Waals surface area contributed by atoms with Crippen LogP contribution in [0.4, 0.5) is 5.69 Å². The predicted octanol–water partition coefficient (Wildman–Crippen LogP) is 2.45. The molecular weight excluding hydrogens is 320 g/mol. The highest BCUT2D eigenvalue weighted by Gasteiger charge is 2.35. The maximum absolute atomic E-state index is 12.8. The highest BCUT2D eigenvalue weighted by Crippen LogP contribution is 2.26. The molecule has 1 amide bonds. The molecule has 3 rings (SSSR count). The van der Waals surface area contributed by atoms with E-state index in [2.05, 4.69) is 10.2 Å². The molecule has 0 saturated carbocycles. The predicted molar refractivity (Wildman–Crippen MR) is 94.6 cm³/mol. The zero-order chi connectivity index (χ0) is 17.6. The monoisotopic (exact) mass is 346 g/mol. The second-order valence-electron chi connectivity index (χ2n) is 6.53.